The maximum absolute atomic E-state index is 12.4. The van der Waals surface area contributed by atoms with Gasteiger partial charge in [0.15, 0.2) is 0 Å². The molecule has 3 rings (SSSR count). The molecule has 142 valence electrons. The number of aromatic amines is 1. The van der Waals surface area contributed by atoms with Crippen LogP contribution in [0.3, 0.4) is 0 Å². The first-order valence-corrected chi connectivity index (χ1v) is 9.95. The van der Waals surface area contributed by atoms with Crippen LogP contribution in [0, 0.1) is 6.92 Å². The molecule has 27 heavy (non-hydrogen) atoms. The Kier molecular flexibility index (Phi) is 5.85. The van der Waals surface area contributed by atoms with Gasteiger partial charge in [-0.2, -0.15) is 9.78 Å². The molecule has 0 saturated carbocycles. The summed E-state index contributed by atoms with van der Waals surface area (Å²) in [5, 5.41) is 9.44. The van der Waals surface area contributed by atoms with Gasteiger partial charge >= 0.3 is 0 Å². The Morgan fingerprint density at radius 1 is 1.37 bits per heavy atom. The number of nitrogens with one attached hydrogen (secondary N) is 2. The number of amides is 1. The van der Waals surface area contributed by atoms with Crippen molar-refractivity contribution in [2.45, 2.75) is 46.5 Å². The summed E-state index contributed by atoms with van der Waals surface area (Å²) in [6.07, 6.45) is 2.80. The van der Waals surface area contributed by atoms with Gasteiger partial charge < -0.3 is 5.32 Å². The maximum atomic E-state index is 12.4. The van der Waals surface area contributed by atoms with E-state index in [0.717, 1.165) is 23.4 Å². The van der Waals surface area contributed by atoms with Crippen LogP contribution in [0.2, 0.25) is 0 Å². The van der Waals surface area contributed by atoms with E-state index in [1.165, 1.54) is 4.68 Å². The minimum Gasteiger partial charge on any atom is -0.310 e. The van der Waals surface area contributed by atoms with Crippen molar-refractivity contribution in [3.8, 4) is 16.5 Å². The third-order valence-electron chi connectivity index (χ3n) is 4.27. The van der Waals surface area contributed by atoms with E-state index in [1.54, 1.807) is 24.3 Å². The zero-order valence-corrected chi connectivity index (χ0v) is 16.5. The van der Waals surface area contributed by atoms with Crippen LogP contribution in [-0.4, -0.2) is 25.7 Å². The first-order chi connectivity index (χ1) is 13.0. The molecule has 0 aliphatic heterocycles. The average Bonchev–Trinajstić information content (AvgIpc) is 3.29. The fourth-order valence-corrected chi connectivity index (χ4v) is 3.51. The highest BCUT2D eigenvalue weighted by molar-refractivity contribution is 7.13. The van der Waals surface area contributed by atoms with Crippen LogP contribution < -0.4 is 10.9 Å². The van der Waals surface area contributed by atoms with Crippen molar-refractivity contribution in [1.82, 2.24) is 19.7 Å². The van der Waals surface area contributed by atoms with Crippen LogP contribution in [-0.2, 0) is 11.2 Å². The molecule has 8 heteroatoms. The monoisotopic (exact) mass is 385 g/mol. The van der Waals surface area contributed by atoms with Crippen molar-refractivity contribution in [2.24, 2.45) is 0 Å². The molecule has 0 saturated heterocycles. The van der Waals surface area contributed by atoms with Crippen LogP contribution in [0.1, 0.15) is 44.4 Å². The highest BCUT2D eigenvalue weighted by Crippen LogP contribution is 2.27. The molecule has 0 atom stereocenters. The molecule has 2 N–H and O–H groups in total. The Labute approximate surface area is 161 Å². The van der Waals surface area contributed by atoms with Gasteiger partial charge in [0.05, 0.1) is 4.88 Å². The summed E-state index contributed by atoms with van der Waals surface area (Å²) < 4.78 is 1.49. The minimum absolute atomic E-state index is 0.0834. The summed E-state index contributed by atoms with van der Waals surface area (Å²) in [6.45, 7) is 5.76. The van der Waals surface area contributed by atoms with Crippen LogP contribution in [0.5, 0.6) is 0 Å². The summed E-state index contributed by atoms with van der Waals surface area (Å²) in [6, 6.07) is 5.71. The van der Waals surface area contributed by atoms with E-state index in [2.05, 4.69) is 20.4 Å². The third kappa shape index (κ3) is 4.16. The van der Waals surface area contributed by atoms with Gasteiger partial charge in [-0.1, -0.05) is 26.3 Å². The van der Waals surface area contributed by atoms with Crippen LogP contribution in [0.25, 0.3) is 16.5 Å². The number of rotatable bonds is 7. The summed E-state index contributed by atoms with van der Waals surface area (Å²) in [5.41, 5.74) is 1.85. The number of unbranched alkanes of at least 4 members (excludes halogenated alkanes) is 1. The van der Waals surface area contributed by atoms with E-state index >= 15 is 0 Å². The lowest BCUT2D eigenvalue weighted by Gasteiger charge is -2.09. The molecule has 0 radical (unpaired) electrons. The number of aryl methyl sites for hydroxylation is 1. The summed E-state index contributed by atoms with van der Waals surface area (Å²) in [7, 11) is 0. The van der Waals surface area contributed by atoms with Crippen molar-refractivity contribution in [3.05, 3.63) is 45.2 Å². The SMILES string of the molecule is CCCCC(=O)Nc1cc(-c2cccs2)nn1-c1nc(C)c(CC)c(=O)[nH]1. The van der Waals surface area contributed by atoms with Gasteiger partial charge in [0.25, 0.3) is 5.56 Å². The van der Waals surface area contributed by atoms with Gasteiger partial charge in [-0.25, -0.2) is 4.98 Å². The van der Waals surface area contributed by atoms with Crippen molar-refractivity contribution in [3.63, 3.8) is 0 Å². The number of anilines is 1. The summed E-state index contributed by atoms with van der Waals surface area (Å²) in [4.78, 5) is 32.9. The second-order valence-electron chi connectivity index (χ2n) is 6.26. The van der Waals surface area contributed by atoms with Gasteiger partial charge in [0.2, 0.25) is 11.9 Å². The lowest BCUT2D eigenvalue weighted by molar-refractivity contribution is -0.116. The number of thiophene rings is 1. The first-order valence-electron chi connectivity index (χ1n) is 9.07. The van der Waals surface area contributed by atoms with Crippen molar-refractivity contribution in [1.29, 1.82) is 0 Å². The number of carbonyl (C=O) groups excluding carboxylic acids is 1. The number of hydrogen-bond acceptors (Lipinski definition) is 5. The molecule has 3 aromatic rings. The van der Waals surface area contributed by atoms with E-state index in [-0.39, 0.29) is 11.5 Å². The molecule has 1 amide bonds. The topological polar surface area (TPSA) is 92.7 Å². The summed E-state index contributed by atoms with van der Waals surface area (Å²) >= 11 is 1.56. The molecule has 0 fully saturated rings. The van der Waals surface area contributed by atoms with E-state index in [9.17, 15) is 9.59 Å². The summed E-state index contributed by atoms with van der Waals surface area (Å²) in [5.74, 6) is 0.703. The van der Waals surface area contributed by atoms with Crippen molar-refractivity contribution >= 4 is 23.1 Å². The molecule has 7 nitrogen and oxygen atoms in total. The average molecular weight is 385 g/mol. The predicted molar refractivity (Wildman–Crippen MR) is 108 cm³/mol. The smallest absolute Gasteiger partial charge is 0.255 e. The maximum Gasteiger partial charge on any atom is 0.255 e. The minimum atomic E-state index is -0.184. The van der Waals surface area contributed by atoms with Crippen LogP contribution >= 0.6 is 11.3 Å². The van der Waals surface area contributed by atoms with Gasteiger partial charge in [-0.3, -0.25) is 14.6 Å². The Bertz CT molecular complexity index is 988. The molecule has 0 aliphatic rings. The number of H-pyrrole nitrogens is 1. The quantitative estimate of drug-likeness (QED) is 0.649. The van der Waals surface area contributed by atoms with E-state index < -0.39 is 0 Å². The van der Waals surface area contributed by atoms with Crippen LogP contribution in [0.15, 0.2) is 28.4 Å². The van der Waals surface area contributed by atoms with Gasteiger partial charge in [0, 0.05) is 23.7 Å². The molecule has 3 aromatic heterocycles. The number of aromatic nitrogens is 4. The largest absolute Gasteiger partial charge is 0.310 e. The van der Waals surface area contributed by atoms with Crippen molar-refractivity contribution < 1.29 is 4.79 Å². The second kappa shape index (κ2) is 8.30. The van der Waals surface area contributed by atoms with Gasteiger partial charge in [-0.15, -0.1) is 11.3 Å². The van der Waals surface area contributed by atoms with Crippen LogP contribution in [0.4, 0.5) is 5.82 Å². The number of hydrogen-bond donors (Lipinski definition) is 2. The molecule has 0 aliphatic carbocycles. The molecule has 0 unspecified atom stereocenters. The zero-order chi connectivity index (χ0) is 19.4. The Morgan fingerprint density at radius 3 is 2.81 bits per heavy atom. The molecule has 0 aromatic carbocycles. The highest BCUT2D eigenvalue weighted by Gasteiger charge is 2.17. The first kappa shape index (κ1) is 19.0. The fraction of sp³-hybridized carbons (Fsp3) is 0.368. The van der Waals surface area contributed by atoms with Crippen molar-refractivity contribution in [2.75, 3.05) is 5.32 Å². The van der Waals surface area contributed by atoms with E-state index in [4.69, 9.17) is 0 Å². The highest BCUT2D eigenvalue weighted by atomic mass is 32.1. The normalized spacial score (nSPS) is 10.9. The number of nitrogens with zero attached hydrogens (tertiary/aromatic N) is 3. The third-order valence-corrected chi connectivity index (χ3v) is 5.16. The molecule has 3 heterocycles. The fourth-order valence-electron chi connectivity index (χ4n) is 2.83. The molecule has 0 spiro atoms. The predicted octanol–water partition coefficient (Wildman–Crippen LogP) is 3.68. The lowest BCUT2D eigenvalue weighted by Crippen LogP contribution is -2.21. The van der Waals surface area contributed by atoms with Gasteiger partial charge in [0.1, 0.15) is 11.5 Å². The standard InChI is InChI=1S/C19H23N5O2S/c1-4-6-9-17(25)21-16-11-14(15-8-7-10-27-15)23-24(16)19-20-12(3)13(5-2)18(26)22-19/h7-8,10-11H,4-6,9H2,1-3H3,(H,21,25)(H,20,22,26). The number of carbonyl (C=O) groups is 1. The lowest BCUT2D eigenvalue weighted by atomic mass is 10.2. The molecular formula is C19H23N5O2S. The zero-order valence-electron chi connectivity index (χ0n) is 15.7. The van der Waals surface area contributed by atoms with E-state index in [0.29, 0.717) is 35.9 Å². The molecule has 0 bridgehead atoms. The Balaban J connectivity index is 2.05. The Morgan fingerprint density at radius 2 is 2.19 bits per heavy atom. The Hall–Kier alpha value is -2.74. The van der Waals surface area contributed by atoms with E-state index in [1.807, 2.05) is 31.4 Å². The van der Waals surface area contributed by atoms with Gasteiger partial charge in [-0.05, 0) is 31.2 Å². The molecular weight excluding hydrogens is 362 g/mol. The second-order valence-corrected chi connectivity index (χ2v) is 7.21.